The van der Waals surface area contributed by atoms with E-state index in [9.17, 15) is 9.59 Å². The van der Waals surface area contributed by atoms with Gasteiger partial charge in [-0.15, -0.1) is 0 Å². The molecule has 0 bridgehead atoms. The first-order chi connectivity index (χ1) is 14.0. The van der Waals surface area contributed by atoms with E-state index in [1.165, 1.54) is 16.7 Å². The van der Waals surface area contributed by atoms with Crippen molar-refractivity contribution in [3.63, 3.8) is 0 Å². The highest BCUT2D eigenvalue weighted by Gasteiger charge is 2.40. The molecule has 1 atom stereocenters. The van der Waals surface area contributed by atoms with Gasteiger partial charge in [-0.2, -0.15) is 0 Å². The van der Waals surface area contributed by atoms with E-state index in [4.69, 9.17) is 9.47 Å². The molecule has 2 amide bonds. The van der Waals surface area contributed by atoms with E-state index in [2.05, 4.69) is 32.9 Å². The number of halogens is 1. The fraction of sp³-hybridized carbons (Fsp3) is 0.250. The van der Waals surface area contributed by atoms with Crippen molar-refractivity contribution in [2.45, 2.75) is 18.6 Å². The second kappa shape index (κ2) is 8.62. The third-order valence-electron chi connectivity index (χ3n) is 4.37. The number of rotatable bonds is 4. The summed E-state index contributed by atoms with van der Waals surface area (Å²) in [4.78, 5) is 31.1. The third-order valence-corrected chi connectivity index (χ3v) is 6.20. The van der Waals surface area contributed by atoms with Gasteiger partial charge in [0.05, 0.1) is 5.69 Å². The summed E-state index contributed by atoms with van der Waals surface area (Å²) in [5.74, 6) is 0.930. The zero-order chi connectivity index (χ0) is 20.4. The van der Waals surface area contributed by atoms with Crippen LogP contribution in [0.2, 0.25) is 0 Å². The molecule has 2 heterocycles. The number of benzene rings is 2. The lowest BCUT2D eigenvalue weighted by Gasteiger charge is -2.16. The molecule has 0 radical (unpaired) electrons. The number of nitrogens with one attached hydrogen (secondary N) is 1. The molecule has 1 saturated heterocycles. The Morgan fingerprint density at radius 2 is 1.97 bits per heavy atom. The molecule has 2 aromatic rings. The number of anilines is 2. The Balaban J connectivity index is 1.48. The lowest BCUT2D eigenvalue weighted by molar-refractivity contribution is -0.121. The van der Waals surface area contributed by atoms with Crippen molar-refractivity contribution >= 4 is 62.7 Å². The molecule has 9 heteroatoms. The molecule has 1 fully saturated rings. The number of carbonyl (C=O) groups excluding carboxylic acids is 2. The maximum Gasteiger partial charge on any atom is 0.247 e. The van der Waals surface area contributed by atoms with Gasteiger partial charge in [-0.25, -0.2) is 4.90 Å². The molecule has 7 nitrogen and oxygen atoms in total. The van der Waals surface area contributed by atoms with E-state index < -0.39 is 5.25 Å². The monoisotopic (exact) mass is 523 g/mol. The minimum atomic E-state index is -0.520. The molecular weight excluding hydrogens is 505 g/mol. The van der Waals surface area contributed by atoms with Crippen LogP contribution in [-0.2, 0) is 9.59 Å². The number of ether oxygens (including phenoxy) is 2. The summed E-state index contributed by atoms with van der Waals surface area (Å²) < 4.78 is 11.8. The number of thioether (sulfide) groups is 1. The largest absolute Gasteiger partial charge is 0.454 e. The number of hydrogen-bond donors (Lipinski definition) is 1. The Bertz CT molecular complexity index is 980. The van der Waals surface area contributed by atoms with Crippen molar-refractivity contribution in [3.8, 4) is 11.5 Å². The number of amides is 2. The third kappa shape index (κ3) is 4.35. The zero-order valence-electron chi connectivity index (χ0n) is 15.6. The molecular formula is C20H18IN3O4S. The van der Waals surface area contributed by atoms with E-state index >= 15 is 0 Å². The number of aliphatic imine (C=N–C) groups is 1. The summed E-state index contributed by atoms with van der Waals surface area (Å²) in [5.41, 5.74) is 1.38. The van der Waals surface area contributed by atoms with Crippen molar-refractivity contribution in [1.82, 2.24) is 0 Å². The van der Waals surface area contributed by atoms with Gasteiger partial charge in [0, 0.05) is 28.3 Å². The number of nitrogens with zero attached hydrogens (tertiary/aromatic N) is 2. The Kier molecular flexibility index (Phi) is 5.95. The molecule has 29 heavy (non-hydrogen) atoms. The molecule has 4 rings (SSSR count). The van der Waals surface area contributed by atoms with Crippen LogP contribution in [0.25, 0.3) is 0 Å². The molecule has 0 saturated carbocycles. The van der Waals surface area contributed by atoms with E-state index in [0.717, 1.165) is 9.26 Å². The number of hydrogen-bond acceptors (Lipinski definition) is 6. The average Bonchev–Trinajstić information content (AvgIpc) is 3.27. The Labute approximate surface area is 186 Å². The van der Waals surface area contributed by atoms with Crippen molar-refractivity contribution in [1.29, 1.82) is 0 Å². The first kappa shape index (κ1) is 20.0. The minimum absolute atomic E-state index is 0.140. The summed E-state index contributed by atoms with van der Waals surface area (Å²) in [6.07, 6.45) is 0.140. The lowest BCUT2D eigenvalue weighted by atomic mass is 10.3. The summed E-state index contributed by atoms with van der Waals surface area (Å²) in [6.45, 7) is 2.67. The van der Waals surface area contributed by atoms with Crippen LogP contribution < -0.4 is 19.7 Å². The normalized spacial score (nSPS) is 18.5. The molecule has 2 aromatic carbocycles. The van der Waals surface area contributed by atoms with Crippen LogP contribution in [0, 0.1) is 3.57 Å². The Hall–Kier alpha value is -2.27. The second-order valence-corrected chi connectivity index (χ2v) is 8.76. The maximum absolute atomic E-state index is 12.9. The number of carbonyl (C=O) groups is 2. The standard InChI is InChI=1S/C20H18IN3O4S/c1-2-22-20(23-13-5-8-15-16(9-13)28-11-27-15)29-17-10-18(25)24(19(17)26)14-6-3-12(21)4-7-14/h3-9,17H,2,10-11H2,1H3,(H,22,23)/t17-/m0/s1. The molecule has 150 valence electrons. The number of imide groups is 1. The highest BCUT2D eigenvalue weighted by atomic mass is 127. The Morgan fingerprint density at radius 3 is 2.72 bits per heavy atom. The summed E-state index contributed by atoms with van der Waals surface area (Å²) in [5, 5.41) is 3.29. The maximum atomic E-state index is 12.9. The quantitative estimate of drug-likeness (QED) is 0.284. The van der Waals surface area contributed by atoms with Crippen molar-refractivity contribution in [2.75, 3.05) is 23.6 Å². The summed E-state index contributed by atoms with van der Waals surface area (Å²) >= 11 is 3.46. The lowest BCUT2D eigenvalue weighted by Crippen LogP contribution is -2.31. The highest BCUT2D eigenvalue weighted by molar-refractivity contribution is 14.1. The number of fused-ring (bicyclic) bond motifs is 1. The molecule has 2 aliphatic heterocycles. The van der Waals surface area contributed by atoms with Gasteiger partial charge in [0.15, 0.2) is 16.7 Å². The van der Waals surface area contributed by atoms with Gasteiger partial charge in [0.2, 0.25) is 18.6 Å². The molecule has 1 N–H and O–H groups in total. The molecule has 0 aromatic heterocycles. The van der Waals surface area contributed by atoms with Crippen molar-refractivity contribution in [2.24, 2.45) is 4.99 Å². The minimum Gasteiger partial charge on any atom is -0.454 e. The first-order valence-corrected chi connectivity index (χ1v) is 11.0. The van der Waals surface area contributed by atoms with E-state index in [1.54, 1.807) is 12.1 Å². The SMILES string of the molecule is CCN=C(Nc1ccc2c(c1)OCO2)S[C@H]1CC(=O)N(c2ccc(I)cc2)C1=O. The van der Waals surface area contributed by atoms with Crippen LogP contribution in [0.5, 0.6) is 11.5 Å². The molecule has 0 unspecified atom stereocenters. The first-order valence-electron chi connectivity index (χ1n) is 9.05. The molecule has 2 aliphatic rings. The predicted molar refractivity (Wildman–Crippen MR) is 122 cm³/mol. The van der Waals surface area contributed by atoms with Gasteiger partial charge in [-0.1, -0.05) is 11.8 Å². The second-order valence-electron chi connectivity index (χ2n) is 6.33. The van der Waals surface area contributed by atoms with Gasteiger partial charge >= 0.3 is 0 Å². The van der Waals surface area contributed by atoms with E-state index in [1.807, 2.05) is 37.3 Å². The highest BCUT2D eigenvalue weighted by Crippen LogP contribution is 2.35. The van der Waals surface area contributed by atoms with Gasteiger partial charge in [-0.3, -0.25) is 14.6 Å². The van der Waals surface area contributed by atoms with Gasteiger partial charge in [0.25, 0.3) is 0 Å². The van der Waals surface area contributed by atoms with Gasteiger partial charge in [0.1, 0.15) is 5.25 Å². The van der Waals surface area contributed by atoms with E-state index in [0.29, 0.717) is 28.9 Å². The van der Waals surface area contributed by atoms with Crippen molar-refractivity contribution in [3.05, 3.63) is 46.0 Å². The van der Waals surface area contributed by atoms with Crippen LogP contribution in [0.3, 0.4) is 0 Å². The van der Waals surface area contributed by atoms with Crippen LogP contribution >= 0.6 is 34.4 Å². The predicted octanol–water partition coefficient (Wildman–Crippen LogP) is 3.87. The Morgan fingerprint density at radius 1 is 1.21 bits per heavy atom. The van der Waals surface area contributed by atoms with Crippen LogP contribution in [-0.4, -0.2) is 35.6 Å². The topological polar surface area (TPSA) is 80.2 Å². The fourth-order valence-corrected chi connectivity index (χ4v) is 4.48. The van der Waals surface area contributed by atoms with Crippen molar-refractivity contribution < 1.29 is 19.1 Å². The van der Waals surface area contributed by atoms with E-state index in [-0.39, 0.29) is 25.0 Å². The van der Waals surface area contributed by atoms with Crippen LogP contribution in [0.15, 0.2) is 47.5 Å². The summed E-state index contributed by atoms with van der Waals surface area (Å²) in [7, 11) is 0. The van der Waals surface area contributed by atoms with Crippen LogP contribution in [0.4, 0.5) is 11.4 Å². The summed E-state index contributed by atoms with van der Waals surface area (Å²) in [6, 6.07) is 12.8. The fourth-order valence-electron chi connectivity index (χ4n) is 3.04. The molecule has 0 spiro atoms. The zero-order valence-corrected chi connectivity index (χ0v) is 18.5. The van der Waals surface area contributed by atoms with Crippen LogP contribution in [0.1, 0.15) is 13.3 Å². The smallest absolute Gasteiger partial charge is 0.247 e. The number of amidine groups is 1. The molecule has 0 aliphatic carbocycles. The van der Waals surface area contributed by atoms with Gasteiger partial charge < -0.3 is 14.8 Å². The van der Waals surface area contributed by atoms with Gasteiger partial charge in [-0.05, 0) is 65.9 Å². The average molecular weight is 523 g/mol.